The molecule has 1 aliphatic carbocycles. The molecule has 0 radical (unpaired) electrons. The predicted molar refractivity (Wildman–Crippen MR) is 95.0 cm³/mol. The highest BCUT2D eigenvalue weighted by atomic mass is 35.5. The largest absolute Gasteiger partial charge is 0.351 e. The second kappa shape index (κ2) is 7.22. The summed E-state index contributed by atoms with van der Waals surface area (Å²) in [5.74, 6) is 0.0891. The monoisotopic (exact) mass is 344 g/mol. The zero-order chi connectivity index (χ0) is 17.0. The lowest BCUT2D eigenvalue weighted by Crippen LogP contribution is -2.40. The van der Waals surface area contributed by atoms with E-state index in [0.717, 1.165) is 36.8 Å². The molecule has 1 aromatic carbocycles. The van der Waals surface area contributed by atoms with Gasteiger partial charge in [-0.2, -0.15) is 0 Å². The SMILES string of the molecule is O=C(NCc1ccc(=O)[nH]c1)C1(Cc2cccc(Cl)c2)CCCC1. The molecule has 0 aliphatic heterocycles. The zero-order valence-electron chi connectivity index (χ0n) is 13.5. The molecule has 0 unspecified atom stereocenters. The molecule has 126 valence electrons. The van der Waals surface area contributed by atoms with E-state index in [2.05, 4.69) is 10.3 Å². The normalized spacial score (nSPS) is 16.0. The van der Waals surface area contributed by atoms with Crippen LogP contribution in [-0.4, -0.2) is 10.9 Å². The third-order valence-corrected chi connectivity index (χ3v) is 5.01. The van der Waals surface area contributed by atoms with E-state index in [0.29, 0.717) is 18.0 Å². The van der Waals surface area contributed by atoms with E-state index in [4.69, 9.17) is 11.6 Å². The Hall–Kier alpha value is -2.07. The van der Waals surface area contributed by atoms with Gasteiger partial charge in [0, 0.05) is 23.8 Å². The van der Waals surface area contributed by atoms with Crippen molar-refractivity contribution in [1.29, 1.82) is 0 Å². The maximum atomic E-state index is 12.9. The third-order valence-electron chi connectivity index (χ3n) is 4.78. The van der Waals surface area contributed by atoms with Crippen molar-refractivity contribution < 1.29 is 4.79 Å². The molecule has 1 saturated carbocycles. The molecule has 1 fully saturated rings. The minimum Gasteiger partial charge on any atom is -0.351 e. The summed E-state index contributed by atoms with van der Waals surface area (Å²) < 4.78 is 0. The lowest BCUT2D eigenvalue weighted by atomic mass is 9.79. The summed E-state index contributed by atoms with van der Waals surface area (Å²) in [5, 5.41) is 3.75. The average Bonchev–Trinajstić information content (AvgIpc) is 3.04. The van der Waals surface area contributed by atoms with E-state index >= 15 is 0 Å². The summed E-state index contributed by atoms with van der Waals surface area (Å²) in [6.07, 6.45) is 6.30. The quantitative estimate of drug-likeness (QED) is 0.872. The standard InChI is InChI=1S/C19H21ClN2O2/c20-16-5-3-4-14(10-16)11-19(8-1-2-9-19)18(24)22-13-15-6-7-17(23)21-12-15/h3-7,10,12H,1-2,8-9,11,13H2,(H,21,23)(H,22,24). The number of carbonyl (C=O) groups excluding carboxylic acids is 1. The first-order chi connectivity index (χ1) is 11.6. The fourth-order valence-electron chi connectivity index (χ4n) is 3.50. The molecule has 5 heteroatoms. The Morgan fingerprint density at radius 3 is 2.62 bits per heavy atom. The number of hydrogen-bond donors (Lipinski definition) is 2. The maximum absolute atomic E-state index is 12.9. The molecule has 1 aliphatic rings. The van der Waals surface area contributed by atoms with Crippen LogP contribution in [0.5, 0.6) is 0 Å². The van der Waals surface area contributed by atoms with E-state index in [1.807, 2.05) is 24.3 Å². The van der Waals surface area contributed by atoms with Gasteiger partial charge in [-0.1, -0.05) is 42.6 Å². The number of rotatable bonds is 5. The Morgan fingerprint density at radius 2 is 1.96 bits per heavy atom. The molecule has 0 atom stereocenters. The van der Waals surface area contributed by atoms with Gasteiger partial charge in [-0.25, -0.2) is 0 Å². The van der Waals surface area contributed by atoms with Gasteiger partial charge in [0.25, 0.3) is 0 Å². The summed E-state index contributed by atoms with van der Waals surface area (Å²) in [7, 11) is 0. The van der Waals surface area contributed by atoms with Crippen LogP contribution in [0.2, 0.25) is 5.02 Å². The topological polar surface area (TPSA) is 62.0 Å². The summed E-state index contributed by atoms with van der Waals surface area (Å²) in [5.41, 5.74) is 1.49. The summed E-state index contributed by atoms with van der Waals surface area (Å²) >= 11 is 6.08. The van der Waals surface area contributed by atoms with Gasteiger partial charge in [0.2, 0.25) is 11.5 Å². The number of pyridine rings is 1. The van der Waals surface area contributed by atoms with Gasteiger partial charge in [0.1, 0.15) is 0 Å². The number of carbonyl (C=O) groups is 1. The highest BCUT2D eigenvalue weighted by molar-refractivity contribution is 6.30. The fraction of sp³-hybridized carbons (Fsp3) is 0.368. The predicted octanol–water partition coefficient (Wildman–Crippen LogP) is 3.45. The first-order valence-corrected chi connectivity index (χ1v) is 8.66. The number of hydrogen-bond acceptors (Lipinski definition) is 2. The van der Waals surface area contributed by atoms with Gasteiger partial charge in [0.15, 0.2) is 0 Å². The summed E-state index contributed by atoms with van der Waals surface area (Å²) in [6, 6.07) is 11.0. The van der Waals surface area contributed by atoms with Gasteiger partial charge in [0.05, 0.1) is 5.41 Å². The van der Waals surface area contributed by atoms with Crippen LogP contribution in [0.25, 0.3) is 0 Å². The van der Waals surface area contributed by atoms with Crippen LogP contribution in [-0.2, 0) is 17.8 Å². The number of amides is 1. The van der Waals surface area contributed by atoms with Crippen molar-refractivity contribution in [2.75, 3.05) is 0 Å². The van der Waals surface area contributed by atoms with E-state index in [9.17, 15) is 9.59 Å². The minimum atomic E-state index is -0.354. The van der Waals surface area contributed by atoms with Crippen LogP contribution in [0.1, 0.15) is 36.8 Å². The minimum absolute atomic E-state index is 0.0891. The van der Waals surface area contributed by atoms with Gasteiger partial charge < -0.3 is 10.3 Å². The highest BCUT2D eigenvalue weighted by Crippen LogP contribution is 2.41. The van der Waals surface area contributed by atoms with Crippen molar-refractivity contribution in [3.63, 3.8) is 0 Å². The Bertz CT molecular complexity index is 758. The number of halogens is 1. The highest BCUT2D eigenvalue weighted by Gasteiger charge is 2.40. The van der Waals surface area contributed by atoms with Crippen LogP contribution in [0, 0.1) is 5.41 Å². The second-order valence-corrected chi connectivity index (χ2v) is 6.97. The number of nitrogens with one attached hydrogen (secondary N) is 2. The number of aromatic nitrogens is 1. The second-order valence-electron chi connectivity index (χ2n) is 6.54. The van der Waals surface area contributed by atoms with Crippen LogP contribution in [0.4, 0.5) is 0 Å². The Morgan fingerprint density at radius 1 is 1.17 bits per heavy atom. The first kappa shape index (κ1) is 16.8. The van der Waals surface area contributed by atoms with Crippen molar-refractivity contribution in [2.45, 2.75) is 38.6 Å². The lowest BCUT2D eigenvalue weighted by molar-refractivity contribution is -0.131. The maximum Gasteiger partial charge on any atom is 0.247 e. The van der Waals surface area contributed by atoms with Crippen molar-refractivity contribution in [3.8, 4) is 0 Å². The summed E-state index contributed by atoms with van der Waals surface area (Å²) in [6.45, 7) is 0.424. The van der Waals surface area contributed by atoms with Gasteiger partial charge in [-0.15, -0.1) is 0 Å². The van der Waals surface area contributed by atoms with Crippen molar-refractivity contribution in [1.82, 2.24) is 10.3 Å². The van der Waals surface area contributed by atoms with Crippen LogP contribution in [0.15, 0.2) is 47.4 Å². The molecular formula is C19H21ClN2O2. The van der Waals surface area contributed by atoms with E-state index in [-0.39, 0.29) is 16.9 Å². The van der Waals surface area contributed by atoms with Crippen molar-refractivity contribution >= 4 is 17.5 Å². The van der Waals surface area contributed by atoms with Gasteiger partial charge >= 0.3 is 0 Å². The van der Waals surface area contributed by atoms with Crippen LogP contribution >= 0.6 is 11.6 Å². The first-order valence-electron chi connectivity index (χ1n) is 8.28. The van der Waals surface area contributed by atoms with Crippen LogP contribution < -0.4 is 10.9 Å². The smallest absolute Gasteiger partial charge is 0.247 e. The number of benzene rings is 1. The van der Waals surface area contributed by atoms with E-state index < -0.39 is 0 Å². The van der Waals surface area contributed by atoms with E-state index in [1.165, 1.54) is 6.07 Å². The zero-order valence-corrected chi connectivity index (χ0v) is 14.2. The molecular weight excluding hydrogens is 324 g/mol. The lowest BCUT2D eigenvalue weighted by Gasteiger charge is -2.28. The molecule has 0 bridgehead atoms. The molecule has 1 heterocycles. The molecule has 24 heavy (non-hydrogen) atoms. The van der Waals surface area contributed by atoms with Crippen molar-refractivity contribution in [3.05, 3.63) is 69.1 Å². The summed E-state index contributed by atoms with van der Waals surface area (Å²) in [4.78, 5) is 26.6. The van der Waals surface area contributed by atoms with Crippen LogP contribution in [0.3, 0.4) is 0 Å². The molecule has 1 amide bonds. The molecule has 2 N–H and O–H groups in total. The molecule has 1 aromatic heterocycles. The average molecular weight is 345 g/mol. The fourth-order valence-corrected chi connectivity index (χ4v) is 3.71. The molecule has 3 rings (SSSR count). The number of aromatic amines is 1. The van der Waals surface area contributed by atoms with Crippen molar-refractivity contribution in [2.24, 2.45) is 5.41 Å². The van der Waals surface area contributed by atoms with Gasteiger partial charge in [-0.05, 0) is 42.5 Å². The van der Waals surface area contributed by atoms with Gasteiger partial charge in [-0.3, -0.25) is 9.59 Å². The Kier molecular flexibility index (Phi) is 5.05. The molecule has 0 saturated heterocycles. The number of H-pyrrole nitrogens is 1. The Balaban J connectivity index is 1.71. The molecule has 0 spiro atoms. The molecule has 2 aromatic rings. The van der Waals surface area contributed by atoms with E-state index in [1.54, 1.807) is 12.3 Å². The third kappa shape index (κ3) is 3.88. The Labute approximate surface area is 146 Å². The molecule has 4 nitrogen and oxygen atoms in total.